The summed E-state index contributed by atoms with van der Waals surface area (Å²) in [6.45, 7) is 0.541. The molecule has 4 rings (SSSR count). The fourth-order valence-corrected chi connectivity index (χ4v) is 3.18. The lowest BCUT2D eigenvalue weighted by atomic mass is 10.1. The number of halogens is 3. The van der Waals surface area contributed by atoms with Gasteiger partial charge in [0, 0.05) is 31.3 Å². The first kappa shape index (κ1) is 17.3. The number of nitrogens with one attached hydrogen (secondary N) is 1. The SMILES string of the molecule is O=C1NCCc2c1cnn2-c1ccnc(Cc2cccc(C(F)(F)F)c2)c1. The molecule has 1 amide bonds. The van der Waals surface area contributed by atoms with E-state index in [0.717, 1.165) is 23.5 Å². The van der Waals surface area contributed by atoms with Gasteiger partial charge < -0.3 is 5.32 Å². The maximum absolute atomic E-state index is 12.9. The van der Waals surface area contributed by atoms with Crippen molar-refractivity contribution in [1.29, 1.82) is 0 Å². The number of nitrogens with zero attached hydrogens (tertiary/aromatic N) is 3. The van der Waals surface area contributed by atoms with E-state index in [2.05, 4.69) is 15.4 Å². The third-order valence-electron chi connectivity index (χ3n) is 4.45. The molecule has 138 valence electrons. The summed E-state index contributed by atoms with van der Waals surface area (Å²) in [6.07, 6.45) is -0.333. The fourth-order valence-electron chi connectivity index (χ4n) is 3.18. The Hall–Kier alpha value is -3.16. The number of amides is 1. The number of rotatable bonds is 3. The molecule has 2 aromatic heterocycles. The number of carbonyl (C=O) groups is 1. The second-order valence-corrected chi connectivity index (χ2v) is 6.30. The molecule has 8 heteroatoms. The van der Waals surface area contributed by atoms with Gasteiger partial charge in [-0.2, -0.15) is 18.3 Å². The molecule has 1 aromatic carbocycles. The van der Waals surface area contributed by atoms with E-state index in [1.165, 1.54) is 12.3 Å². The van der Waals surface area contributed by atoms with Crippen LogP contribution in [0.4, 0.5) is 13.2 Å². The Kier molecular flexibility index (Phi) is 4.18. The van der Waals surface area contributed by atoms with Crippen LogP contribution < -0.4 is 5.32 Å². The van der Waals surface area contributed by atoms with Crippen molar-refractivity contribution in [3.8, 4) is 5.69 Å². The normalized spacial score (nSPS) is 14.0. The number of aromatic nitrogens is 3. The highest BCUT2D eigenvalue weighted by atomic mass is 19.4. The molecular formula is C19H15F3N4O. The number of carbonyl (C=O) groups excluding carboxylic acids is 1. The summed E-state index contributed by atoms with van der Waals surface area (Å²) < 4.78 is 40.4. The molecule has 0 fully saturated rings. The first-order valence-electron chi connectivity index (χ1n) is 8.38. The third kappa shape index (κ3) is 3.42. The van der Waals surface area contributed by atoms with Crippen molar-refractivity contribution in [1.82, 2.24) is 20.1 Å². The number of benzene rings is 1. The van der Waals surface area contributed by atoms with Crippen molar-refractivity contribution >= 4 is 5.91 Å². The summed E-state index contributed by atoms with van der Waals surface area (Å²) in [6, 6.07) is 8.76. The molecule has 0 saturated carbocycles. The average molecular weight is 372 g/mol. The molecule has 0 saturated heterocycles. The van der Waals surface area contributed by atoms with Gasteiger partial charge >= 0.3 is 6.18 Å². The van der Waals surface area contributed by atoms with Crippen molar-refractivity contribution in [3.05, 3.63) is 76.9 Å². The minimum atomic E-state index is -4.38. The molecular weight excluding hydrogens is 357 g/mol. The zero-order valence-electron chi connectivity index (χ0n) is 14.1. The van der Waals surface area contributed by atoms with Crippen LogP contribution in [-0.4, -0.2) is 27.2 Å². The van der Waals surface area contributed by atoms with Crippen LogP contribution in [0, 0.1) is 0 Å². The maximum Gasteiger partial charge on any atom is 0.416 e. The van der Waals surface area contributed by atoms with Gasteiger partial charge in [-0.05, 0) is 23.8 Å². The first-order chi connectivity index (χ1) is 12.9. The number of hydrogen-bond acceptors (Lipinski definition) is 3. The molecule has 0 unspecified atom stereocenters. The fraction of sp³-hybridized carbons (Fsp3) is 0.211. The Labute approximate surface area is 152 Å². The molecule has 0 atom stereocenters. The van der Waals surface area contributed by atoms with Gasteiger partial charge in [0.15, 0.2) is 0 Å². The summed E-state index contributed by atoms with van der Waals surface area (Å²) in [5.41, 5.74) is 2.55. The van der Waals surface area contributed by atoms with E-state index in [-0.39, 0.29) is 12.3 Å². The van der Waals surface area contributed by atoms with Gasteiger partial charge in [-0.3, -0.25) is 9.78 Å². The number of fused-ring (bicyclic) bond motifs is 1. The van der Waals surface area contributed by atoms with Crippen molar-refractivity contribution in [2.24, 2.45) is 0 Å². The van der Waals surface area contributed by atoms with Crippen molar-refractivity contribution in [3.63, 3.8) is 0 Å². The van der Waals surface area contributed by atoms with E-state index in [0.29, 0.717) is 29.8 Å². The summed E-state index contributed by atoms with van der Waals surface area (Å²) >= 11 is 0. The number of pyridine rings is 1. The first-order valence-corrected chi connectivity index (χ1v) is 8.38. The van der Waals surface area contributed by atoms with Gasteiger partial charge in [-0.1, -0.05) is 18.2 Å². The molecule has 3 heterocycles. The highest BCUT2D eigenvalue weighted by molar-refractivity contribution is 5.96. The van der Waals surface area contributed by atoms with Crippen LogP contribution in [0.5, 0.6) is 0 Å². The second kappa shape index (κ2) is 6.53. The topological polar surface area (TPSA) is 59.8 Å². The average Bonchev–Trinajstić information content (AvgIpc) is 3.07. The molecule has 1 aliphatic rings. The van der Waals surface area contributed by atoms with Crippen molar-refractivity contribution in [2.45, 2.75) is 19.0 Å². The molecule has 1 aliphatic heterocycles. The molecule has 0 spiro atoms. The van der Waals surface area contributed by atoms with Crippen LogP contribution >= 0.6 is 0 Å². The Balaban J connectivity index is 1.64. The minimum absolute atomic E-state index is 0.152. The van der Waals surface area contributed by atoms with Crippen LogP contribution in [0.25, 0.3) is 5.69 Å². The van der Waals surface area contributed by atoms with Gasteiger partial charge in [0.05, 0.1) is 28.7 Å². The van der Waals surface area contributed by atoms with Gasteiger partial charge in [0.25, 0.3) is 5.91 Å². The highest BCUT2D eigenvalue weighted by Crippen LogP contribution is 2.30. The Morgan fingerprint density at radius 3 is 2.85 bits per heavy atom. The third-order valence-corrected chi connectivity index (χ3v) is 4.45. The molecule has 0 aliphatic carbocycles. The quantitative estimate of drug-likeness (QED) is 0.768. The van der Waals surface area contributed by atoms with E-state index in [1.807, 2.05) is 0 Å². The van der Waals surface area contributed by atoms with Gasteiger partial charge in [0.2, 0.25) is 0 Å². The van der Waals surface area contributed by atoms with Gasteiger partial charge in [-0.15, -0.1) is 0 Å². The molecule has 27 heavy (non-hydrogen) atoms. The molecule has 5 nitrogen and oxygen atoms in total. The van der Waals surface area contributed by atoms with E-state index < -0.39 is 11.7 Å². The summed E-state index contributed by atoms with van der Waals surface area (Å²) in [4.78, 5) is 16.1. The second-order valence-electron chi connectivity index (χ2n) is 6.30. The lowest BCUT2D eigenvalue weighted by Crippen LogP contribution is -2.32. The lowest BCUT2D eigenvalue weighted by Gasteiger charge is -2.15. The summed E-state index contributed by atoms with van der Waals surface area (Å²) in [5, 5.41) is 7.06. The van der Waals surface area contributed by atoms with Crippen molar-refractivity contribution < 1.29 is 18.0 Å². The van der Waals surface area contributed by atoms with Crippen LogP contribution in [0.1, 0.15) is 32.9 Å². The Morgan fingerprint density at radius 2 is 2.04 bits per heavy atom. The smallest absolute Gasteiger partial charge is 0.352 e. The lowest BCUT2D eigenvalue weighted by molar-refractivity contribution is -0.137. The van der Waals surface area contributed by atoms with E-state index in [1.54, 1.807) is 29.1 Å². The van der Waals surface area contributed by atoms with E-state index >= 15 is 0 Å². The van der Waals surface area contributed by atoms with Crippen LogP contribution in [0.2, 0.25) is 0 Å². The summed E-state index contributed by atoms with van der Waals surface area (Å²) in [7, 11) is 0. The summed E-state index contributed by atoms with van der Waals surface area (Å²) in [5.74, 6) is -0.152. The van der Waals surface area contributed by atoms with Gasteiger partial charge in [-0.25, -0.2) is 4.68 Å². The molecule has 0 radical (unpaired) electrons. The van der Waals surface area contributed by atoms with Crippen LogP contribution in [0.3, 0.4) is 0 Å². The van der Waals surface area contributed by atoms with Gasteiger partial charge in [0.1, 0.15) is 0 Å². The van der Waals surface area contributed by atoms with Crippen LogP contribution in [-0.2, 0) is 19.0 Å². The minimum Gasteiger partial charge on any atom is -0.352 e. The van der Waals surface area contributed by atoms with E-state index in [9.17, 15) is 18.0 Å². The zero-order valence-corrected chi connectivity index (χ0v) is 14.1. The predicted molar refractivity (Wildman–Crippen MR) is 91.6 cm³/mol. The number of alkyl halides is 3. The molecule has 3 aromatic rings. The number of hydrogen-bond donors (Lipinski definition) is 1. The Bertz CT molecular complexity index is 1010. The highest BCUT2D eigenvalue weighted by Gasteiger charge is 2.30. The van der Waals surface area contributed by atoms with E-state index in [4.69, 9.17) is 0 Å². The zero-order chi connectivity index (χ0) is 19.0. The Morgan fingerprint density at radius 1 is 1.19 bits per heavy atom. The molecule has 1 N–H and O–H groups in total. The predicted octanol–water partition coefficient (Wildman–Crippen LogP) is 3.16. The molecule has 0 bridgehead atoms. The largest absolute Gasteiger partial charge is 0.416 e. The standard InChI is InChI=1S/C19H15F3N4O/c20-19(21,22)13-3-1-2-12(8-13)9-14-10-15(4-6-23-14)26-17-5-7-24-18(27)16(17)11-25-26/h1-4,6,8,10-11H,5,7,9H2,(H,24,27). The van der Waals surface area contributed by atoms with Crippen LogP contribution in [0.15, 0.2) is 48.8 Å². The monoisotopic (exact) mass is 372 g/mol. The maximum atomic E-state index is 12.9. The van der Waals surface area contributed by atoms with Crippen molar-refractivity contribution in [2.75, 3.05) is 6.54 Å².